The van der Waals surface area contributed by atoms with Gasteiger partial charge < -0.3 is 16.6 Å². The van der Waals surface area contributed by atoms with E-state index in [2.05, 4.69) is 0 Å². The van der Waals surface area contributed by atoms with Crippen LogP contribution in [0, 0.1) is 0 Å². The van der Waals surface area contributed by atoms with Gasteiger partial charge in [-0.15, -0.1) is 0 Å². The van der Waals surface area contributed by atoms with Crippen LogP contribution in [0.1, 0.15) is 57.8 Å². The molecule has 2 fully saturated rings. The number of aliphatic hydroxyl groups is 1. The molecule has 15 heavy (non-hydrogen) atoms. The lowest BCUT2D eigenvalue weighted by Gasteiger charge is -2.21. The quantitative estimate of drug-likeness (QED) is 0.572. The summed E-state index contributed by atoms with van der Waals surface area (Å²) in [5.74, 6) is 0. The van der Waals surface area contributed by atoms with Crippen molar-refractivity contribution in [2.24, 2.45) is 11.5 Å². The lowest BCUT2D eigenvalue weighted by Crippen LogP contribution is -2.28. The van der Waals surface area contributed by atoms with Crippen LogP contribution >= 0.6 is 0 Å². The zero-order valence-corrected chi connectivity index (χ0v) is 9.70. The van der Waals surface area contributed by atoms with Crippen molar-refractivity contribution in [3.05, 3.63) is 0 Å². The summed E-state index contributed by atoms with van der Waals surface area (Å²) >= 11 is 0. The van der Waals surface area contributed by atoms with Crippen LogP contribution in [-0.2, 0) is 0 Å². The van der Waals surface area contributed by atoms with Gasteiger partial charge in [-0.3, -0.25) is 0 Å². The van der Waals surface area contributed by atoms with Crippen LogP contribution in [0.5, 0.6) is 0 Å². The summed E-state index contributed by atoms with van der Waals surface area (Å²) in [6.45, 7) is 0. The van der Waals surface area contributed by atoms with E-state index in [0.29, 0.717) is 12.1 Å². The van der Waals surface area contributed by atoms with Crippen molar-refractivity contribution in [2.45, 2.75) is 76.0 Å². The second-order valence-electron chi connectivity index (χ2n) is 4.97. The first-order valence-corrected chi connectivity index (χ1v) is 6.37. The third-order valence-electron chi connectivity index (χ3n) is 3.39. The third-order valence-corrected chi connectivity index (χ3v) is 3.39. The molecule has 0 radical (unpaired) electrons. The van der Waals surface area contributed by atoms with Crippen LogP contribution in [0.15, 0.2) is 0 Å². The number of rotatable bonds is 0. The Morgan fingerprint density at radius 3 is 1.47 bits per heavy atom. The molecule has 3 nitrogen and oxygen atoms in total. The maximum atomic E-state index is 8.97. The highest BCUT2D eigenvalue weighted by atomic mass is 16.3. The van der Waals surface area contributed by atoms with Gasteiger partial charge in [0.25, 0.3) is 0 Å². The van der Waals surface area contributed by atoms with E-state index in [9.17, 15) is 0 Å². The Bertz CT molecular complexity index is 140. The normalized spacial score (nSPS) is 33.0. The third kappa shape index (κ3) is 6.13. The van der Waals surface area contributed by atoms with E-state index in [1.165, 1.54) is 32.1 Å². The van der Waals surface area contributed by atoms with E-state index in [1.807, 2.05) is 0 Å². The second-order valence-corrected chi connectivity index (χ2v) is 4.97. The molecule has 0 aromatic heterocycles. The summed E-state index contributed by atoms with van der Waals surface area (Å²) in [7, 11) is 0. The van der Waals surface area contributed by atoms with Gasteiger partial charge in [-0.1, -0.05) is 19.3 Å². The molecular weight excluding hydrogens is 188 g/mol. The van der Waals surface area contributed by atoms with Crippen molar-refractivity contribution in [1.29, 1.82) is 0 Å². The average Bonchev–Trinajstić information content (AvgIpc) is 2.25. The number of aliphatic hydroxyl groups excluding tert-OH is 1. The molecule has 0 bridgehead atoms. The molecule has 2 aliphatic rings. The maximum Gasteiger partial charge on any atom is 0.0541 e. The van der Waals surface area contributed by atoms with Crippen molar-refractivity contribution in [1.82, 2.24) is 0 Å². The topological polar surface area (TPSA) is 72.3 Å². The molecule has 0 aromatic rings. The molecule has 3 heteroatoms. The number of hydrogen-bond donors (Lipinski definition) is 3. The molecule has 0 aliphatic heterocycles. The summed E-state index contributed by atoms with van der Waals surface area (Å²) in [6.07, 6.45) is 10.4. The van der Waals surface area contributed by atoms with Crippen molar-refractivity contribution in [2.75, 3.05) is 0 Å². The summed E-state index contributed by atoms with van der Waals surface area (Å²) in [6, 6.07) is 0.896. The van der Waals surface area contributed by atoms with Crippen LogP contribution < -0.4 is 11.5 Å². The van der Waals surface area contributed by atoms with E-state index >= 15 is 0 Å². The van der Waals surface area contributed by atoms with Crippen LogP contribution in [-0.4, -0.2) is 23.3 Å². The number of nitrogens with two attached hydrogens (primary N) is 2. The van der Waals surface area contributed by atoms with Gasteiger partial charge in [-0.05, 0) is 38.5 Å². The van der Waals surface area contributed by atoms with Crippen LogP contribution in [0.3, 0.4) is 0 Å². The molecule has 2 aliphatic carbocycles. The largest absolute Gasteiger partial charge is 0.393 e. The highest BCUT2D eigenvalue weighted by Crippen LogP contribution is 2.16. The molecule has 0 heterocycles. The monoisotopic (exact) mass is 214 g/mol. The fourth-order valence-corrected chi connectivity index (χ4v) is 2.24. The zero-order chi connectivity index (χ0) is 11.1. The van der Waals surface area contributed by atoms with Gasteiger partial charge >= 0.3 is 0 Å². The van der Waals surface area contributed by atoms with E-state index in [-0.39, 0.29) is 6.10 Å². The predicted octanol–water partition coefficient (Wildman–Crippen LogP) is 1.53. The van der Waals surface area contributed by atoms with Crippen molar-refractivity contribution in [3.8, 4) is 0 Å². The average molecular weight is 214 g/mol. The van der Waals surface area contributed by atoms with Crippen LogP contribution in [0.4, 0.5) is 0 Å². The van der Waals surface area contributed by atoms with E-state index < -0.39 is 0 Å². The van der Waals surface area contributed by atoms with Gasteiger partial charge in [0.1, 0.15) is 0 Å². The van der Waals surface area contributed by atoms with Crippen molar-refractivity contribution in [3.63, 3.8) is 0 Å². The molecule has 0 spiro atoms. The van der Waals surface area contributed by atoms with E-state index in [1.54, 1.807) is 0 Å². The van der Waals surface area contributed by atoms with Crippen LogP contribution in [0.25, 0.3) is 0 Å². The van der Waals surface area contributed by atoms with E-state index in [4.69, 9.17) is 16.6 Å². The first kappa shape index (κ1) is 12.9. The van der Waals surface area contributed by atoms with Gasteiger partial charge in [0.2, 0.25) is 0 Å². The second kappa shape index (κ2) is 7.20. The molecule has 0 saturated heterocycles. The lowest BCUT2D eigenvalue weighted by atomic mass is 9.94. The van der Waals surface area contributed by atoms with Gasteiger partial charge in [0, 0.05) is 12.1 Å². The molecule has 2 saturated carbocycles. The molecule has 0 amide bonds. The molecule has 90 valence electrons. The Labute approximate surface area is 93.2 Å². The first-order chi connectivity index (χ1) is 7.18. The maximum absolute atomic E-state index is 8.97. The fraction of sp³-hybridized carbons (Fsp3) is 1.00. The van der Waals surface area contributed by atoms with Gasteiger partial charge in [0.15, 0.2) is 0 Å². The smallest absolute Gasteiger partial charge is 0.0541 e. The Hall–Kier alpha value is -0.120. The highest BCUT2D eigenvalue weighted by Gasteiger charge is 2.14. The Morgan fingerprint density at radius 2 is 1.13 bits per heavy atom. The summed E-state index contributed by atoms with van der Waals surface area (Å²) in [5.41, 5.74) is 11.2. The molecular formula is C12H26N2O. The standard InChI is InChI=1S/C6H13NO.C6H13N/c7-5-1-3-6(8)4-2-5;7-6-4-2-1-3-5-6/h5-6,8H,1-4,7H2;6H,1-5,7H2. The number of hydrogen-bond acceptors (Lipinski definition) is 3. The van der Waals surface area contributed by atoms with Crippen molar-refractivity contribution < 1.29 is 5.11 Å². The Balaban J connectivity index is 0.000000151. The highest BCUT2D eigenvalue weighted by molar-refractivity contribution is 4.72. The molecule has 0 atom stereocenters. The van der Waals surface area contributed by atoms with Crippen molar-refractivity contribution >= 4 is 0 Å². The zero-order valence-electron chi connectivity index (χ0n) is 9.70. The minimum atomic E-state index is -0.0604. The van der Waals surface area contributed by atoms with Crippen LogP contribution in [0.2, 0.25) is 0 Å². The SMILES string of the molecule is NC1CCC(O)CC1.NC1CCCCC1. The van der Waals surface area contributed by atoms with E-state index in [0.717, 1.165) is 25.7 Å². The molecule has 2 rings (SSSR count). The first-order valence-electron chi connectivity index (χ1n) is 6.37. The molecule has 0 unspecified atom stereocenters. The van der Waals surface area contributed by atoms with Gasteiger partial charge in [0.05, 0.1) is 6.10 Å². The van der Waals surface area contributed by atoms with Gasteiger partial charge in [-0.25, -0.2) is 0 Å². The van der Waals surface area contributed by atoms with Gasteiger partial charge in [-0.2, -0.15) is 0 Å². The summed E-state index contributed by atoms with van der Waals surface area (Å²) < 4.78 is 0. The summed E-state index contributed by atoms with van der Waals surface area (Å²) in [5, 5.41) is 8.97. The predicted molar refractivity (Wildman–Crippen MR) is 63.5 cm³/mol. The minimum Gasteiger partial charge on any atom is -0.393 e. The molecule has 0 aromatic carbocycles. The Kier molecular flexibility index (Phi) is 6.22. The lowest BCUT2D eigenvalue weighted by molar-refractivity contribution is 0.123. The summed E-state index contributed by atoms with van der Waals surface area (Å²) in [4.78, 5) is 0. The Morgan fingerprint density at radius 1 is 0.667 bits per heavy atom. The minimum absolute atomic E-state index is 0.0604. The molecule has 5 N–H and O–H groups in total. The fourth-order valence-electron chi connectivity index (χ4n) is 2.24.